The topological polar surface area (TPSA) is 92.8 Å². The number of nitrogens with one attached hydrogen (secondary N) is 1. The van der Waals surface area contributed by atoms with Gasteiger partial charge in [0.1, 0.15) is 10.6 Å². The van der Waals surface area contributed by atoms with Crippen molar-refractivity contribution in [3.63, 3.8) is 0 Å². The van der Waals surface area contributed by atoms with E-state index in [2.05, 4.69) is 6.58 Å². The maximum absolute atomic E-state index is 14.3. The van der Waals surface area contributed by atoms with Crippen LogP contribution >= 0.6 is 11.6 Å². The summed E-state index contributed by atoms with van der Waals surface area (Å²) in [5.74, 6) is -4.70. The molecule has 1 atom stereocenters. The fraction of sp³-hybridized carbons (Fsp3) is 0.500. The van der Waals surface area contributed by atoms with Gasteiger partial charge in [-0.25, -0.2) is 30.3 Å². The van der Waals surface area contributed by atoms with Crippen molar-refractivity contribution in [2.75, 3.05) is 26.7 Å². The summed E-state index contributed by atoms with van der Waals surface area (Å²) < 4.78 is 85.7. The molecule has 1 heterocycles. The lowest BCUT2D eigenvalue weighted by Gasteiger charge is -2.37. The van der Waals surface area contributed by atoms with E-state index in [1.165, 1.54) is 19.2 Å². The van der Waals surface area contributed by atoms with Crippen LogP contribution in [0.15, 0.2) is 29.0 Å². The molecule has 1 N–H and O–H groups in total. The van der Waals surface area contributed by atoms with E-state index in [-0.39, 0.29) is 15.7 Å². The molecule has 0 amide bonds. The van der Waals surface area contributed by atoms with Gasteiger partial charge in [-0.3, -0.25) is 0 Å². The van der Waals surface area contributed by atoms with E-state index >= 15 is 0 Å². The highest BCUT2D eigenvalue weighted by atomic mass is 35.5. The fourth-order valence-corrected chi connectivity index (χ4v) is 5.58. The van der Waals surface area contributed by atoms with E-state index in [1.807, 2.05) is 4.72 Å². The van der Waals surface area contributed by atoms with Crippen LogP contribution in [0.3, 0.4) is 0 Å². The maximum Gasteiger partial charge on any atom is 0.254 e. The van der Waals surface area contributed by atoms with Crippen LogP contribution < -0.4 is 9.46 Å². The van der Waals surface area contributed by atoms with Gasteiger partial charge in [0.25, 0.3) is 5.92 Å². The Morgan fingerprint density at radius 3 is 2.61 bits per heavy atom. The van der Waals surface area contributed by atoms with Gasteiger partial charge in [0.2, 0.25) is 20.0 Å². The predicted molar refractivity (Wildman–Crippen MR) is 102 cm³/mol. The van der Waals surface area contributed by atoms with Crippen LogP contribution in [0.25, 0.3) is 0 Å². The molecule has 0 radical (unpaired) electrons. The molecule has 0 aromatic heterocycles. The van der Waals surface area contributed by atoms with E-state index in [4.69, 9.17) is 16.3 Å². The van der Waals surface area contributed by atoms with E-state index < -0.39 is 57.9 Å². The summed E-state index contributed by atoms with van der Waals surface area (Å²) in [5.41, 5.74) is 0.478. The lowest BCUT2D eigenvalue weighted by Crippen LogP contribution is -2.52. The number of ether oxygens (including phenoxy) is 1. The van der Waals surface area contributed by atoms with Crippen molar-refractivity contribution in [2.24, 2.45) is 5.92 Å². The van der Waals surface area contributed by atoms with Crippen molar-refractivity contribution in [3.05, 3.63) is 34.7 Å². The molecule has 28 heavy (non-hydrogen) atoms. The number of hydrogen-bond acceptors (Lipinski definition) is 5. The Kier molecular flexibility index (Phi) is 6.76. The number of halogens is 3. The zero-order chi connectivity index (χ0) is 21.3. The summed E-state index contributed by atoms with van der Waals surface area (Å²) in [4.78, 5) is -0.226. The molecule has 1 fully saturated rings. The number of piperidine rings is 1. The largest absolute Gasteiger partial charge is 0.495 e. The van der Waals surface area contributed by atoms with Crippen LogP contribution in [0, 0.1) is 12.8 Å². The Morgan fingerprint density at radius 1 is 1.39 bits per heavy atom. The Hall–Kier alpha value is -1.27. The second kappa shape index (κ2) is 8.23. The van der Waals surface area contributed by atoms with Gasteiger partial charge in [-0.15, -0.1) is 0 Å². The molecular weight excluding hydrogens is 438 g/mol. The number of hydrogen-bond donors (Lipinski definition) is 1. The van der Waals surface area contributed by atoms with Gasteiger partial charge in [0.15, 0.2) is 0 Å². The highest BCUT2D eigenvalue weighted by Crippen LogP contribution is 2.38. The van der Waals surface area contributed by atoms with Crippen molar-refractivity contribution in [1.29, 1.82) is 0 Å². The summed E-state index contributed by atoms with van der Waals surface area (Å²) in [6, 6.07) is 2.72. The molecule has 0 aliphatic carbocycles. The van der Waals surface area contributed by atoms with Gasteiger partial charge in [-0.2, -0.15) is 4.31 Å². The molecular formula is C16H21ClF2N2O5S2. The fourth-order valence-electron chi connectivity index (χ4n) is 2.95. The van der Waals surface area contributed by atoms with Crippen molar-refractivity contribution < 1.29 is 30.4 Å². The van der Waals surface area contributed by atoms with Crippen molar-refractivity contribution >= 4 is 31.6 Å². The second-order valence-corrected chi connectivity index (χ2v) is 10.4. The first-order valence-corrected chi connectivity index (χ1v) is 11.5. The molecule has 7 nitrogen and oxygen atoms in total. The SMILES string of the molecule is C=CS(=O)(=O)NCC1CN(S(=O)(=O)c2cc(Cl)cc(C)c2OC)CCC1(F)F. The van der Waals surface area contributed by atoms with Gasteiger partial charge in [0.05, 0.1) is 13.0 Å². The van der Waals surface area contributed by atoms with Gasteiger partial charge in [-0.05, 0) is 24.6 Å². The van der Waals surface area contributed by atoms with Crippen molar-refractivity contribution in [3.8, 4) is 5.75 Å². The number of nitrogens with zero attached hydrogens (tertiary/aromatic N) is 1. The first-order valence-electron chi connectivity index (χ1n) is 8.18. The number of benzene rings is 1. The van der Waals surface area contributed by atoms with Gasteiger partial charge < -0.3 is 4.74 Å². The van der Waals surface area contributed by atoms with E-state index in [0.717, 1.165) is 4.31 Å². The summed E-state index contributed by atoms with van der Waals surface area (Å²) in [6.07, 6.45) is -0.741. The predicted octanol–water partition coefficient (Wildman–Crippen LogP) is 2.37. The Balaban J connectivity index is 2.36. The highest BCUT2D eigenvalue weighted by Gasteiger charge is 2.47. The summed E-state index contributed by atoms with van der Waals surface area (Å²) in [5, 5.41) is 0.761. The standard InChI is InChI=1S/C16H21ClF2N2O5S2/c1-4-27(22,23)20-9-12-10-21(6-5-16(12,18)19)28(24,25)14-8-13(17)7-11(2)15(14)26-3/h4,7-8,12,20H,1,5-6,9-10H2,2-3H3. The second-order valence-electron chi connectivity index (χ2n) is 6.39. The Labute approximate surface area is 168 Å². The third-order valence-electron chi connectivity index (χ3n) is 4.49. The average Bonchev–Trinajstić information content (AvgIpc) is 2.59. The van der Waals surface area contributed by atoms with Gasteiger partial charge in [0, 0.05) is 36.5 Å². The minimum absolute atomic E-state index is 0.0747. The number of rotatable bonds is 7. The molecule has 0 spiro atoms. The van der Waals surface area contributed by atoms with E-state index in [1.54, 1.807) is 6.92 Å². The number of aryl methyl sites for hydroxylation is 1. The molecule has 1 unspecified atom stereocenters. The monoisotopic (exact) mass is 458 g/mol. The third-order valence-corrected chi connectivity index (χ3v) is 7.59. The lowest BCUT2D eigenvalue weighted by molar-refractivity contribution is -0.0896. The average molecular weight is 459 g/mol. The molecule has 1 aliphatic rings. The van der Waals surface area contributed by atoms with Gasteiger partial charge >= 0.3 is 0 Å². The molecule has 2 rings (SSSR count). The van der Waals surface area contributed by atoms with Crippen LogP contribution in [-0.4, -0.2) is 53.8 Å². The lowest BCUT2D eigenvalue weighted by atomic mass is 9.95. The minimum atomic E-state index is -4.20. The number of sulfonamides is 2. The minimum Gasteiger partial charge on any atom is -0.495 e. The van der Waals surface area contributed by atoms with Crippen LogP contribution in [0.4, 0.5) is 8.78 Å². The smallest absolute Gasteiger partial charge is 0.254 e. The Morgan fingerprint density at radius 2 is 2.04 bits per heavy atom. The van der Waals surface area contributed by atoms with E-state index in [0.29, 0.717) is 11.0 Å². The summed E-state index contributed by atoms with van der Waals surface area (Å²) in [7, 11) is -6.82. The molecule has 0 bridgehead atoms. The summed E-state index contributed by atoms with van der Waals surface area (Å²) in [6.45, 7) is 3.09. The molecule has 12 heteroatoms. The van der Waals surface area contributed by atoms with Crippen LogP contribution in [0.5, 0.6) is 5.75 Å². The van der Waals surface area contributed by atoms with Crippen molar-refractivity contribution in [2.45, 2.75) is 24.2 Å². The zero-order valence-corrected chi connectivity index (χ0v) is 17.7. The van der Waals surface area contributed by atoms with Gasteiger partial charge in [-0.1, -0.05) is 18.2 Å². The number of methoxy groups -OCH3 is 1. The molecule has 1 aromatic carbocycles. The quantitative estimate of drug-likeness (QED) is 0.677. The Bertz CT molecular complexity index is 967. The van der Waals surface area contributed by atoms with E-state index in [9.17, 15) is 25.6 Å². The zero-order valence-electron chi connectivity index (χ0n) is 15.3. The molecule has 0 saturated carbocycles. The normalized spacial score (nSPS) is 20.7. The van der Waals surface area contributed by atoms with Crippen LogP contribution in [-0.2, 0) is 20.0 Å². The van der Waals surface area contributed by atoms with Crippen molar-refractivity contribution in [1.82, 2.24) is 9.03 Å². The molecule has 1 aromatic rings. The highest BCUT2D eigenvalue weighted by molar-refractivity contribution is 7.92. The maximum atomic E-state index is 14.3. The summed E-state index contributed by atoms with van der Waals surface area (Å²) >= 11 is 5.97. The van der Waals surface area contributed by atoms with Crippen LogP contribution in [0.2, 0.25) is 5.02 Å². The van der Waals surface area contributed by atoms with Crippen LogP contribution in [0.1, 0.15) is 12.0 Å². The first-order chi connectivity index (χ1) is 12.8. The molecule has 1 aliphatic heterocycles. The third kappa shape index (κ3) is 4.82. The molecule has 1 saturated heterocycles. The first kappa shape index (κ1) is 23.0. The molecule has 158 valence electrons. The number of alkyl halides is 2.